The van der Waals surface area contributed by atoms with Crippen LogP contribution in [0.3, 0.4) is 0 Å². The van der Waals surface area contributed by atoms with Gasteiger partial charge in [0.2, 0.25) is 11.8 Å². The molecular formula is C29H42N4O8. The molecule has 2 unspecified atom stereocenters. The lowest BCUT2D eigenvalue weighted by atomic mass is 9.92. The molecule has 2 amide bonds. The zero-order valence-corrected chi connectivity index (χ0v) is 24.0. The number of amides is 2. The topological polar surface area (TPSA) is 149 Å². The molecule has 12 nitrogen and oxygen atoms in total. The lowest BCUT2D eigenvalue weighted by molar-refractivity contribution is -0.159. The third kappa shape index (κ3) is 8.56. The highest BCUT2D eigenvalue weighted by atomic mass is 16.7. The van der Waals surface area contributed by atoms with Crippen LogP contribution in [0.4, 0.5) is 5.69 Å². The first kappa shape index (κ1) is 30.6. The van der Waals surface area contributed by atoms with Crippen molar-refractivity contribution < 1.29 is 38.9 Å². The maximum absolute atomic E-state index is 12.8. The molecule has 1 aromatic rings. The molecule has 1 spiro atoms. The van der Waals surface area contributed by atoms with E-state index in [0.717, 1.165) is 82.1 Å². The first-order chi connectivity index (χ1) is 19.5. The molecule has 3 fully saturated rings. The minimum absolute atomic E-state index is 0.0305. The van der Waals surface area contributed by atoms with Gasteiger partial charge in [-0.3, -0.25) is 19.4 Å². The Balaban J connectivity index is 0.000000585. The summed E-state index contributed by atoms with van der Waals surface area (Å²) >= 11 is 0. The summed E-state index contributed by atoms with van der Waals surface area (Å²) in [4.78, 5) is 50.1. The lowest BCUT2D eigenvalue weighted by Gasteiger charge is -2.38. The highest BCUT2D eigenvalue weighted by Gasteiger charge is 2.42. The van der Waals surface area contributed by atoms with Gasteiger partial charge in [0.15, 0.2) is 11.5 Å². The molecule has 3 heterocycles. The van der Waals surface area contributed by atoms with Gasteiger partial charge in [0, 0.05) is 63.9 Å². The molecule has 0 radical (unpaired) electrons. The molecule has 1 aromatic carbocycles. The Bertz CT molecular complexity index is 1090. The van der Waals surface area contributed by atoms with E-state index in [1.165, 1.54) is 12.8 Å². The van der Waals surface area contributed by atoms with Gasteiger partial charge in [0.25, 0.3) is 5.79 Å². The van der Waals surface area contributed by atoms with Crippen LogP contribution < -0.4 is 14.8 Å². The van der Waals surface area contributed by atoms with Crippen LogP contribution in [0.2, 0.25) is 0 Å². The van der Waals surface area contributed by atoms with Gasteiger partial charge in [-0.2, -0.15) is 0 Å². The van der Waals surface area contributed by atoms with Gasteiger partial charge in [-0.1, -0.05) is 20.3 Å². The van der Waals surface area contributed by atoms with Crippen LogP contribution in [-0.2, 0) is 19.2 Å². The Morgan fingerprint density at radius 1 is 0.854 bits per heavy atom. The van der Waals surface area contributed by atoms with Crippen molar-refractivity contribution in [3.63, 3.8) is 0 Å². The number of carbonyl (C=O) groups excluding carboxylic acids is 2. The number of hydrogen-bond acceptors (Lipinski definition) is 8. The molecule has 1 aliphatic carbocycles. The molecule has 2 atom stereocenters. The Labute approximate surface area is 240 Å². The van der Waals surface area contributed by atoms with Crippen molar-refractivity contribution >= 4 is 29.4 Å². The molecule has 0 bridgehead atoms. The van der Waals surface area contributed by atoms with Gasteiger partial charge in [0.05, 0.1) is 13.1 Å². The number of nitrogens with one attached hydrogen (secondary N) is 1. The number of carboxylic acid groups (broad SMARTS) is 2. The molecule has 3 aliphatic heterocycles. The predicted octanol–water partition coefficient (Wildman–Crippen LogP) is 2.33. The number of carbonyl (C=O) groups is 4. The van der Waals surface area contributed by atoms with Crippen molar-refractivity contribution in [1.82, 2.24) is 14.7 Å². The SMILES string of the molecule is CC1CC(C)CN(C(=O)CN2CCN(CC(=O)Nc3ccc4c(c3)OC3(CCCCC3)O4)CC2)C1.O=C(O)C(=O)O. The lowest BCUT2D eigenvalue weighted by Crippen LogP contribution is -2.52. The Morgan fingerprint density at radius 3 is 2.00 bits per heavy atom. The second-order valence-electron chi connectivity index (χ2n) is 11.8. The summed E-state index contributed by atoms with van der Waals surface area (Å²) in [6, 6.07) is 5.66. The average molecular weight is 575 g/mol. The molecule has 0 aromatic heterocycles. The quantitative estimate of drug-likeness (QED) is 0.448. The number of aliphatic carboxylic acids is 2. The molecule has 4 aliphatic rings. The van der Waals surface area contributed by atoms with Crippen LogP contribution in [-0.4, -0.2) is 107 Å². The fraction of sp³-hybridized carbons (Fsp3) is 0.655. The minimum atomic E-state index is -1.82. The van der Waals surface area contributed by atoms with E-state index >= 15 is 0 Å². The normalized spacial score (nSPS) is 23.8. The Hall–Kier alpha value is -3.38. The molecule has 1 saturated carbocycles. The molecule has 41 heavy (non-hydrogen) atoms. The van der Waals surface area contributed by atoms with Crippen molar-refractivity contribution in [2.45, 2.75) is 58.2 Å². The minimum Gasteiger partial charge on any atom is -0.473 e. The summed E-state index contributed by atoms with van der Waals surface area (Å²) in [5, 5.41) is 17.8. The van der Waals surface area contributed by atoms with Gasteiger partial charge in [-0.25, -0.2) is 9.59 Å². The molecule has 226 valence electrons. The number of rotatable bonds is 5. The zero-order chi connectivity index (χ0) is 29.6. The third-order valence-corrected chi connectivity index (χ3v) is 8.03. The third-order valence-electron chi connectivity index (χ3n) is 8.03. The monoisotopic (exact) mass is 574 g/mol. The van der Waals surface area contributed by atoms with Gasteiger partial charge in [0.1, 0.15) is 0 Å². The number of piperazine rings is 1. The average Bonchev–Trinajstić information content (AvgIpc) is 3.26. The summed E-state index contributed by atoms with van der Waals surface area (Å²) in [5.74, 6) is -1.29. The highest BCUT2D eigenvalue weighted by molar-refractivity contribution is 6.27. The number of ether oxygens (including phenoxy) is 2. The van der Waals surface area contributed by atoms with Crippen molar-refractivity contribution in [2.24, 2.45) is 11.8 Å². The number of hydrogen-bond donors (Lipinski definition) is 3. The zero-order valence-electron chi connectivity index (χ0n) is 24.0. The summed E-state index contributed by atoms with van der Waals surface area (Å²) in [5.41, 5.74) is 0.736. The van der Waals surface area contributed by atoms with E-state index in [-0.39, 0.29) is 11.8 Å². The summed E-state index contributed by atoms with van der Waals surface area (Å²) in [6.07, 6.45) is 6.50. The van der Waals surface area contributed by atoms with E-state index in [2.05, 4.69) is 29.0 Å². The molecule has 12 heteroatoms. The van der Waals surface area contributed by atoms with E-state index in [0.29, 0.717) is 24.9 Å². The van der Waals surface area contributed by atoms with Crippen LogP contribution >= 0.6 is 0 Å². The number of anilines is 1. The second kappa shape index (κ2) is 13.5. The van der Waals surface area contributed by atoms with E-state index in [9.17, 15) is 9.59 Å². The number of likely N-dealkylation sites (tertiary alicyclic amines) is 1. The first-order valence-corrected chi connectivity index (χ1v) is 14.5. The number of fused-ring (bicyclic) bond motifs is 1. The Kier molecular flexibility index (Phi) is 10.1. The maximum Gasteiger partial charge on any atom is 0.414 e. The fourth-order valence-corrected chi connectivity index (χ4v) is 6.13. The van der Waals surface area contributed by atoms with E-state index in [1.54, 1.807) is 0 Å². The second-order valence-corrected chi connectivity index (χ2v) is 11.8. The molecule has 5 rings (SSSR count). The molecule has 2 saturated heterocycles. The van der Waals surface area contributed by atoms with E-state index < -0.39 is 17.7 Å². The van der Waals surface area contributed by atoms with Crippen molar-refractivity contribution in [3.05, 3.63) is 18.2 Å². The summed E-state index contributed by atoms with van der Waals surface area (Å²) in [6.45, 7) is 10.3. The fourth-order valence-electron chi connectivity index (χ4n) is 6.13. The summed E-state index contributed by atoms with van der Waals surface area (Å²) in [7, 11) is 0. The van der Waals surface area contributed by atoms with Gasteiger partial charge >= 0.3 is 11.9 Å². The van der Waals surface area contributed by atoms with E-state index in [4.69, 9.17) is 29.3 Å². The molecule has 3 N–H and O–H groups in total. The largest absolute Gasteiger partial charge is 0.473 e. The van der Waals surface area contributed by atoms with Crippen LogP contribution in [0.5, 0.6) is 11.5 Å². The first-order valence-electron chi connectivity index (χ1n) is 14.5. The standard InChI is InChI=1S/C27H40N4O4.C2H2O4/c1-20-14-21(2)17-31(16-20)26(33)19-30-12-10-29(11-13-30)18-25(32)28-22-6-7-23-24(15-22)35-27(34-23)8-4-3-5-9-27;3-1(4)2(5)6/h6-7,15,20-21H,3-5,8-14,16-19H2,1-2H3,(H,28,32);(H,3,4)(H,5,6). The van der Waals surface area contributed by atoms with Crippen LogP contribution in [0.25, 0.3) is 0 Å². The van der Waals surface area contributed by atoms with Gasteiger partial charge in [-0.05, 0) is 43.2 Å². The maximum atomic E-state index is 12.8. The van der Waals surface area contributed by atoms with Crippen LogP contribution in [0.15, 0.2) is 18.2 Å². The number of nitrogens with zero attached hydrogens (tertiary/aromatic N) is 3. The highest BCUT2D eigenvalue weighted by Crippen LogP contribution is 2.46. The van der Waals surface area contributed by atoms with Crippen molar-refractivity contribution in [2.75, 3.05) is 57.7 Å². The van der Waals surface area contributed by atoms with Crippen LogP contribution in [0, 0.1) is 11.8 Å². The number of benzene rings is 1. The predicted molar refractivity (Wildman–Crippen MR) is 150 cm³/mol. The van der Waals surface area contributed by atoms with E-state index in [1.807, 2.05) is 23.1 Å². The van der Waals surface area contributed by atoms with Crippen LogP contribution in [0.1, 0.15) is 52.4 Å². The van der Waals surface area contributed by atoms with Gasteiger partial charge in [-0.15, -0.1) is 0 Å². The van der Waals surface area contributed by atoms with Gasteiger partial charge < -0.3 is 29.9 Å². The smallest absolute Gasteiger partial charge is 0.414 e. The Morgan fingerprint density at radius 2 is 1.41 bits per heavy atom. The number of carboxylic acids is 2. The van der Waals surface area contributed by atoms with Crippen molar-refractivity contribution in [1.29, 1.82) is 0 Å². The summed E-state index contributed by atoms with van der Waals surface area (Å²) < 4.78 is 12.3. The number of piperidine rings is 1. The molecular weight excluding hydrogens is 532 g/mol. The van der Waals surface area contributed by atoms with Crippen molar-refractivity contribution in [3.8, 4) is 11.5 Å².